The summed E-state index contributed by atoms with van der Waals surface area (Å²) in [6.45, 7) is 3.79. The topological polar surface area (TPSA) is 59.3 Å². The maximum atomic E-state index is 12.6. The molecule has 1 heterocycles. The SMILES string of the molecule is Cc1cc2oc(=O)cc(C)c2cc1NC(=O)[C@@H]1C[C@H]2C=C[C@@H]1C2. The molecule has 2 aliphatic carbocycles. The van der Waals surface area contributed by atoms with Crippen LogP contribution in [0.3, 0.4) is 0 Å². The van der Waals surface area contributed by atoms with Crippen molar-refractivity contribution < 1.29 is 9.21 Å². The largest absolute Gasteiger partial charge is 0.423 e. The maximum absolute atomic E-state index is 12.6. The third-order valence-corrected chi connectivity index (χ3v) is 5.17. The van der Waals surface area contributed by atoms with Crippen LogP contribution in [0.25, 0.3) is 11.0 Å². The molecular formula is C19H19NO3. The van der Waals surface area contributed by atoms with E-state index in [-0.39, 0.29) is 17.5 Å². The predicted molar refractivity (Wildman–Crippen MR) is 89.4 cm³/mol. The molecule has 2 bridgehead atoms. The first-order chi connectivity index (χ1) is 11.0. The minimum absolute atomic E-state index is 0.0786. The lowest BCUT2D eigenvalue weighted by molar-refractivity contribution is -0.120. The van der Waals surface area contributed by atoms with Gasteiger partial charge < -0.3 is 9.73 Å². The number of aryl methyl sites for hydroxylation is 2. The van der Waals surface area contributed by atoms with Crippen LogP contribution in [0, 0.1) is 31.6 Å². The number of amides is 1. The molecule has 1 aromatic heterocycles. The summed E-state index contributed by atoms with van der Waals surface area (Å²) < 4.78 is 5.25. The van der Waals surface area contributed by atoms with E-state index in [4.69, 9.17) is 4.42 Å². The Morgan fingerprint density at radius 1 is 1.13 bits per heavy atom. The average Bonchev–Trinajstić information content (AvgIpc) is 3.11. The summed E-state index contributed by atoms with van der Waals surface area (Å²) in [7, 11) is 0. The Morgan fingerprint density at radius 2 is 1.96 bits per heavy atom. The van der Waals surface area contributed by atoms with Crippen molar-refractivity contribution in [1.29, 1.82) is 0 Å². The van der Waals surface area contributed by atoms with E-state index in [1.807, 2.05) is 26.0 Å². The number of anilines is 1. The molecule has 0 spiro atoms. The Balaban J connectivity index is 1.66. The highest BCUT2D eigenvalue weighted by Gasteiger charge is 2.39. The highest BCUT2D eigenvalue weighted by molar-refractivity contribution is 5.96. The van der Waals surface area contributed by atoms with Gasteiger partial charge in [-0.2, -0.15) is 0 Å². The summed E-state index contributed by atoms with van der Waals surface area (Å²) >= 11 is 0. The van der Waals surface area contributed by atoms with E-state index in [1.165, 1.54) is 6.07 Å². The number of hydrogen-bond acceptors (Lipinski definition) is 3. The van der Waals surface area contributed by atoms with Crippen LogP contribution in [0.2, 0.25) is 0 Å². The minimum atomic E-state index is -0.347. The molecule has 0 saturated heterocycles. The second-order valence-corrected chi connectivity index (χ2v) is 6.79. The summed E-state index contributed by atoms with van der Waals surface area (Å²) in [5, 5.41) is 3.94. The van der Waals surface area contributed by atoms with E-state index in [9.17, 15) is 9.59 Å². The summed E-state index contributed by atoms with van der Waals surface area (Å²) in [5.41, 5.74) is 2.77. The van der Waals surface area contributed by atoms with Gasteiger partial charge in [0.15, 0.2) is 0 Å². The quantitative estimate of drug-likeness (QED) is 0.681. The van der Waals surface area contributed by atoms with Crippen molar-refractivity contribution in [1.82, 2.24) is 0 Å². The van der Waals surface area contributed by atoms with Crippen LogP contribution in [0.15, 0.2) is 39.6 Å². The number of nitrogens with one attached hydrogen (secondary N) is 1. The van der Waals surface area contributed by atoms with Crippen molar-refractivity contribution in [3.63, 3.8) is 0 Å². The molecule has 0 unspecified atom stereocenters. The van der Waals surface area contributed by atoms with Crippen LogP contribution < -0.4 is 10.9 Å². The zero-order valence-electron chi connectivity index (χ0n) is 13.3. The summed E-state index contributed by atoms with van der Waals surface area (Å²) in [5.74, 6) is 1.14. The van der Waals surface area contributed by atoms with Gasteiger partial charge >= 0.3 is 5.63 Å². The Kier molecular flexibility index (Phi) is 3.15. The minimum Gasteiger partial charge on any atom is -0.423 e. The van der Waals surface area contributed by atoms with Crippen molar-refractivity contribution >= 4 is 22.6 Å². The zero-order valence-corrected chi connectivity index (χ0v) is 13.3. The van der Waals surface area contributed by atoms with Gasteiger partial charge in [-0.3, -0.25) is 4.79 Å². The summed E-state index contributed by atoms with van der Waals surface area (Å²) in [6.07, 6.45) is 6.48. The smallest absolute Gasteiger partial charge is 0.336 e. The van der Waals surface area contributed by atoms with Gasteiger partial charge in [0.1, 0.15) is 5.58 Å². The average molecular weight is 309 g/mol. The van der Waals surface area contributed by atoms with Crippen molar-refractivity contribution in [2.45, 2.75) is 26.7 Å². The first-order valence-corrected chi connectivity index (χ1v) is 8.05. The third kappa shape index (κ3) is 2.38. The number of fused-ring (bicyclic) bond motifs is 3. The molecule has 4 nitrogen and oxygen atoms in total. The molecule has 118 valence electrons. The predicted octanol–water partition coefficient (Wildman–Crippen LogP) is 3.56. The molecule has 0 radical (unpaired) electrons. The molecule has 4 heteroatoms. The molecule has 2 aromatic rings. The lowest BCUT2D eigenvalue weighted by atomic mass is 9.92. The Morgan fingerprint density at radius 3 is 2.65 bits per heavy atom. The lowest BCUT2D eigenvalue weighted by Gasteiger charge is -2.18. The van der Waals surface area contributed by atoms with E-state index in [1.54, 1.807) is 0 Å². The second kappa shape index (κ2) is 5.08. The normalized spacial score (nSPS) is 25.2. The Hall–Kier alpha value is -2.36. The Bertz CT molecular complexity index is 893. The summed E-state index contributed by atoms with van der Waals surface area (Å²) in [6, 6.07) is 5.20. The van der Waals surface area contributed by atoms with Crippen molar-refractivity contribution in [2.24, 2.45) is 17.8 Å². The van der Waals surface area contributed by atoms with Crippen molar-refractivity contribution in [3.05, 3.63) is 51.9 Å². The first-order valence-electron chi connectivity index (χ1n) is 8.05. The zero-order chi connectivity index (χ0) is 16.1. The van der Waals surface area contributed by atoms with Crippen LogP contribution >= 0.6 is 0 Å². The number of rotatable bonds is 2. The fourth-order valence-corrected chi connectivity index (χ4v) is 3.91. The standard InChI is InChI=1S/C19H19NO3/c1-10-6-18(21)23-17-5-11(2)16(9-14(10)17)20-19(22)15-8-12-3-4-13(15)7-12/h3-6,9,12-13,15H,7-8H2,1-2H3,(H,20,22)/t12-,13+,15+/m0/s1. The maximum Gasteiger partial charge on any atom is 0.336 e. The first kappa shape index (κ1) is 14.2. The van der Waals surface area contributed by atoms with E-state index in [0.717, 1.165) is 35.0 Å². The fraction of sp³-hybridized carbons (Fsp3) is 0.368. The van der Waals surface area contributed by atoms with Crippen LogP contribution in [-0.4, -0.2) is 5.91 Å². The lowest BCUT2D eigenvalue weighted by Crippen LogP contribution is -2.26. The van der Waals surface area contributed by atoms with Gasteiger partial charge in [-0.05, 0) is 61.8 Å². The van der Waals surface area contributed by atoms with Crippen LogP contribution in [0.4, 0.5) is 5.69 Å². The number of benzene rings is 1. The number of allylic oxidation sites excluding steroid dienone is 2. The van der Waals surface area contributed by atoms with Crippen LogP contribution in [0.5, 0.6) is 0 Å². The molecule has 1 saturated carbocycles. The highest BCUT2D eigenvalue weighted by Crippen LogP contribution is 2.44. The van der Waals surface area contributed by atoms with Gasteiger partial charge in [-0.15, -0.1) is 0 Å². The molecule has 0 aliphatic heterocycles. The molecule has 1 aromatic carbocycles. The van der Waals surface area contributed by atoms with E-state index in [2.05, 4.69) is 17.5 Å². The summed E-state index contributed by atoms with van der Waals surface area (Å²) in [4.78, 5) is 24.1. The molecule has 3 atom stereocenters. The molecule has 1 fully saturated rings. The molecule has 2 aliphatic rings. The fourth-order valence-electron chi connectivity index (χ4n) is 3.91. The van der Waals surface area contributed by atoms with Gasteiger partial charge in [0.25, 0.3) is 0 Å². The third-order valence-electron chi connectivity index (χ3n) is 5.17. The number of carbonyl (C=O) groups is 1. The van der Waals surface area contributed by atoms with E-state index in [0.29, 0.717) is 17.4 Å². The van der Waals surface area contributed by atoms with Gasteiger partial charge in [-0.25, -0.2) is 4.79 Å². The second-order valence-electron chi connectivity index (χ2n) is 6.79. The monoisotopic (exact) mass is 309 g/mol. The Labute approximate surface area is 134 Å². The molecule has 1 amide bonds. The van der Waals surface area contributed by atoms with Crippen LogP contribution in [-0.2, 0) is 4.79 Å². The number of hydrogen-bond donors (Lipinski definition) is 1. The van der Waals surface area contributed by atoms with Crippen molar-refractivity contribution in [3.8, 4) is 0 Å². The molecular weight excluding hydrogens is 290 g/mol. The van der Waals surface area contributed by atoms with Crippen LogP contribution in [0.1, 0.15) is 24.0 Å². The van der Waals surface area contributed by atoms with E-state index < -0.39 is 0 Å². The molecule has 1 N–H and O–H groups in total. The van der Waals surface area contributed by atoms with Gasteiger partial charge in [0.05, 0.1) is 0 Å². The highest BCUT2D eigenvalue weighted by atomic mass is 16.4. The van der Waals surface area contributed by atoms with Gasteiger partial charge in [-0.1, -0.05) is 12.2 Å². The molecule has 23 heavy (non-hydrogen) atoms. The van der Waals surface area contributed by atoms with E-state index >= 15 is 0 Å². The number of carbonyl (C=O) groups excluding carboxylic acids is 1. The van der Waals surface area contributed by atoms with Gasteiger partial charge in [0, 0.05) is 23.1 Å². The van der Waals surface area contributed by atoms with Crippen molar-refractivity contribution in [2.75, 3.05) is 5.32 Å². The molecule has 4 rings (SSSR count). The van der Waals surface area contributed by atoms with Gasteiger partial charge in [0.2, 0.25) is 5.91 Å².